The third-order valence-electron chi connectivity index (χ3n) is 5.98. The average molecular weight is 536 g/mol. The van der Waals surface area contributed by atoms with E-state index in [9.17, 15) is 24.4 Å². The van der Waals surface area contributed by atoms with Gasteiger partial charge >= 0.3 is 19.4 Å². The number of nitrogens with two attached hydrogens (primary N) is 1. The molecule has 0 bridgehead atoms. The zero-order valence-electron chi connectivity index (χ0n) is 19.8. The van der Waals surface area contributed by atoms with Gasteiger partial charge in [0.05, 0.1) is 6.61 Å². The van der Waals surface area contributed by atoms with E-state index >= 15 is 4.39 Å². The minimum absolute atomic E-state index is 0.0440. The largest absolute Gasteiger partial charge is 0.480 e. The lowest BCUT2D eigenvalue weighted by molar-refractivity contribution is -0.138. The quantitative estimate of drug-likeness (QED) is 0.253. The smallest absolute Gasteiger partial charge is 0.459 e. The number of aromatic amines is 1. The molecule has 6 N–H and O–H groups in total. The van der Waals surface area contributed by atoms with Gasteiger partial charge in [-0.3, -0.25) is 9.32 Å². The number of nitrogen functional groups attached to an aromatic ring is 1. The first-order valence-electron chi connectivity index (χ1n) is 11.2. The molecule has 1 fully saturated rings. The number of aromatic nitrogens is 2. The molecule has 14 heteroatoms. The van der Waals surface area contributed by atoms with Crippen molar-refractivity contribution in [1.29, 1.82) is 0 Å². The molecular weight excluding hydrogens is 510 g/mol. The molecule has 1 aliphatic rings. The van der Waals surface area contributed by atoms with Gasteiger partial charge in [-0.2, -0.15) is 10.1 Å². The number of carboxylic acids is 1. The number of nitrogens with zero attached hydrogens (tertiary/aromatic N) is 1. The van der Waals surface area contributed by atoms with Crippen molar-refractivity contribution in [3.63, 3.8) is 0 Å². The normalized spacial score (nSPS) is 26.0. The molecule has 12 nitrogen and oxygen atoms in total. The molecule has 1 aliphatic heterocycles. The Hall–Kier alpha value is -3.35. The lowest BCUT2D eigenvalue weighted by atomic mass is 9.90. The summed E-state index contributed by atoms with van der Waals surface area (Å²) in [7, 11) is -4.43. The molecule has 198 valence electrons. The zero-order valence-corrected chi connectivity index (χ0v) is 20.7. The standard InChI is InChI=1S/C23H26FN4O8P/c1-12(21(29)30)28-37(33,36-16-9-5-7-13-6-3-4-8-14(13)16)34-11-17-18(24)23(2,32)19(35-17)15-10-26-22(31)27-20(15)25/h3-10,12,17-19,32H,11H2,1-2H3,(H,28,33)(H,29,30)(H3,25,26,27,31)/t12?,17-,18-,19-,23-,37?/m1/s1. The summed E-state index contributed by atoms with van der Waals surface area (Å²) < 4.78 is 45.7. The summed E-state index contributed by atoms with van der Waals surface area (Å²) in [6.07, 6.45) is -3.70. The van der Waals surface area contributed by atoms with Crippen molar-refractivity contribution >= 4 is 30.3 Å². The minimum atomic E-state index is -4.43. The summed E-state index contributed by atoms with van der Waals surface area (Å²) in [6.45, 7) is 1.72. The van der Waals surface area contributed by atoms with Gasteiger partial charge in [-0.15, -0.1) is 0 Å². The minimum Gasteiger partial charge on any atom is -0.480 e. The molecule has 37 heavy (non-hydrogen) atoms. The number of aliphatic carboxylic acids is 1. The van der Waals surface area contributed by atoms with Crippen molar-refractivity contribution in [3.8, 4) is 5.75 Å². The second kappa shape index (κ2) is 10.2. The fourth-order valence-corrected chi connectivity index (χ4v) is 5.53. The fraction of sp³-hybridized carbons (Fsp3) is 0.348. The first kappa shape index (κ1) is 26.7. The number of H-pyrrole nitrogens is 1. The molecule has 0 amide bonds. The predicted octanol–water partition coefficient (Wildman–Crippen LogP) is 2.30. The lowest BCUT2D eigenvalue weighted by Gasteiger charge is -2.26. The summed E-state index contributed by atoms with van der Waals surface area (Å²) in [4.78, 5) is 28.7. The number of aliphatic hydroxyl groups is 1. The number of carbonyl (C=O) groups is 1. The SMILES string of the molecule is CC(NP(=O)(OC[C@H]1O[C@H](c2c[nH]c(=O)nc2N)[C@](C)(O)[C@@H]1F)Oc1cccc2ccccc12)C(=O)O. The van der Waals surface area contributed by atoms with E-state index < -0.39 is 56.0 Å². The molecule has 6 atom stereocenters. The molecule has 3 aromatic rings. The fourth-order valence-electron chi connectivity index (χ4n) is 4.00. The van der Waals surface area contributed by atoms with E-state index in [0.29, 0.717) is 5.39 Å². The highest BCUT2D eigenvalue weighted by atomic mass is 31.2. The number of hydrogen-bond donors (Lipinski definition) is 5. The number of carboxylic acid groups (broad SMARTS) is 1. The molecule has 1 aromatic heterocycles. The number of anilines is 1. The number of alkyl halides is 1. The maximum Gasteiger partial charge on any atom is 0.459 e. The lowest BCUT2D eigenvalue weighted by Crippen LogP contribution is -2.41. The molecule has 2 heterocycles. The van der Waals surface area contributed by atoms with Gasteiger partial charge in [0.25, 0.3) is 0 Å². The van der Waals surface area contributed by atoms with Crippen LogP contribution in [0.4, 0.5) is 10.2 Å². The second-order valence-electron chi connectivity index (χ2n) is 8.78. The van der Waals surface area contributed by atoms with E-state index in [1.807, 2.05) is 0 Å². The van der Waals surface area contributed by atoms with Gasteiger partial charge in [0.15, 0.2) is 6.17 Å². The molecule has 2 unspecified atom stereocenters. The third kappa shape index (κ3) is 5.50. The molecule has 0 saturated carbocycles. The topological polar surface area (TPSA) is 186 Å². The molecule has 1 saturated heterocycles. The van der Waals surface area contributed by atoms with Crippen molar-refractivity contribution < 1.29 is 37.7 Å². The van der Waals surface area contributed by atoms with Gasteiger partial charge in [0.1, 0.15) is 35.4 Å². The zero-order chi connectivity index (χ0) is 27.0. The van der Waals surface area contributed by atoms with Crippen LogP contribution in [0.5, 0.6) is 5.75 Å². The molecule has 4 rings (SSSR count). The second-order valence-corrected chi connectivity index (χ2v) is 10.5. The maximum absolute atomic E-state index is 15.3. The van der Waals surface area contributed by atoms with Crippen LogP contribution in [0.1, 0.15) is 25.5 Å². The van der Waals surface area contributed by atoms with Gasteiger partial charge in [-0.1, -0.05) is 36.4 Å². The molecule has 2 aromatic carbocycles. The van der Waals surface area contributed by atoms with Gasteiger partial charge in [0.2, 0.25) is 0 Å². The Labute approximate surface area is 210 Å². The highest BCUT2D eigenvalue weighted by molar-refractivity contribution is 7.52. The number of halogens is 1. The molecule has 0 aliphatic carbocycles. The number of benzene rings is 2. The van der Waals surface area contributed by atoms with Crippen LogP contribution in [-0.4, -0.2) is 56.7 Å². The summed E-state index contributed by atoms with van der Waals surface area (Å²) in [5, 5.41) is 23.8. The average Bonchev–Trinajstić information content (AvgIpc) is 3.06. The van der Waals surface area contributed by atoms with Crippen molar-refractivity contribution in [3.05, 3.63) is 64.7 Å². The Morgan fingerprint density at radius 2 is 2.05 bits per heavy atom. The van der Waals surface area contributed by atoms with Crippen molar-refractivity contribution in [2.24, 2.45) is 0 Å². The Kier molecular flexibility index (Phi) is 7.36. The van der Waals surface area contributed by atoms with E-state index in [0.717, 1.165) is 11.6 Å². The van der Waals surface area contributed by atoms with E-state index in [-0.39, 0.29) is 17.1 Å². The van der Waals surface area contributed by atoms with Crippen LogP contribution in [0.25, 0.3) is 10.8 Å². The van der Waals surface area contributed by atoms with Gasteiger partial charge < -0.3 is 30.2 Å². The molecular formula is C23H26FN4O8P. The Balaban J connectivity index is 1.59. The summed E-state index contributed by atoms with van der Waals surface area (Å²) in [5.41, 5.74) is 2.95. The predicted molar refractivity (Wildman–Crippen MR) is 131 cm³/mol. The summed E-state index contributed by atoms with van der Waals surface area (Å²) >= 11 is 0. The van der Waals surface area contributed by atoms with Crippen LogP contribution < -0.4 is 21.0 Å². The number of hydrogen-bond acceptors (Lipinski definition) is 9. The first-order chi connectivity index (χ1) is 17.4. The maximum atomic E-state index is 15.3. The van der Waals surface area contributed by atoms with E-state index in [4.69, 9.17) is 19.5 Å². The number of nitrogens with one attached hydrogen (secondary N) is 2. The van der Waals surface area contributed by atoms with Gasteiger partial charge in [-0.25, -0.2) is 13.8 Å². The Morgan fingerprint density at radius 1 is 1.35 bits per heavy atom. The Bertz CT molecular complexity index is 1410. The summed E-state index contributed by atoms with van der Waals surface area (Å²) in [6, 6.07) is 10.7. The van der Waals surface area contributed by atoms with Crippen LogP contribution in [0, 0.1) is 0 Å². The first-order valence-corrected chi connectivity index (χ1v) is 12.7. The van der Waals surface area contributed by atoms with Crippen LogP contribution in [0.3, 0.4) is 0 Å². The van der Waals surface area contributed by atoms with Crippen molar-refractivity contribution in [2.45, 2.75) is 43.9 Å². The molecule has 0 radical (unpaired) electrons. The van der Waals surface area contributed by atoms with Crippen molar-refractivity contribution in [2.75, 3.05) is 12.3 Å². The van der Waals surface area contributed by atoms with E-state index in [1.54, 1.807) is 36.4 Å². The van der Waals surface area contributed by atoms with Crippen LogP contribution >= 0.6 is 7.75 Å². The highest BCUT2D eigenvalue weighted by Crippen LogP contribution is 2.49. The Morgan fingerprint density at radius 3 is 2.76 bits per heavy atom. The van der Waals surface area contributed by atoms with Crippen LogP contribution in [0.2, 0.25) is 0 Å². The van der Waals surface area contributed by atoms with E-state index in [1.165, 1.54) is 19.9 Å². The monoisotopic (exact) mass is 536 g/mol. The third-order valence-corrected chi connectivity index (χ3v) is 7.61. The van der Waals surface area contributed by atoms with Crippen LogP contribution in [0.15, 0.2) is 53.5 Å². The van der Waals surface area contributed by atoms with Gasteiger partial charge in [-0.05, 0) is 25.3 Å². The van der Waals surface area contributed by atoms with Gasteiger partial charge in [0, 0.05) is 17.1 Å². The van der Waals surface area contributed by atoms with Crippen molar-refractivity contribution in [1.82, 2.24) is 15.1 Å². The summed E-state index contributed by atoms with van der Waals surface area (Å²) in [5.74, 6) is -1.44. The number of fused-ring (bicyclic) bond motifs is 1. The van der Waals surface area contributed by atoms with E-state index in [2.05, 4.69) is 15.1 Å². The number of ether oxygens (including phenoxy) is 1. The highest BCUT2D eigenvalue weighted by Gasteiger charge is 2.55. The van der Waals surface area contributed by atoms with Crippen LogP contribution in [-0.2, 0) is 18.6 Å². The number of rotatable bonds is 9. The molecule has 0 spiro atoms.